The lowest BCUT2D eigenvalue weighted by Gasteiger charge is -2.49. The maximum atomic E-state index is 14.0. The third-order valence-corrected chi connectivity index (χ3v) is 8.85. The van der Waals surface area contributed by atoms with E-state index in [1.165, 1.54) is 5.56 Å². The zero-order chi connectivity index (χ0) is 30.7. The number of benzene rings is 3. The van der Waals surface area contributed by atoms with Crippen LogP contribution >= 0.6 is 0 Å². The van der Waals surface area contributed by atoms with E-state index >= 15 is 0 Å². The van der Waals surface area contributed by atoms with Crippen molar-refractivity contribution in [2.24, 2.45) is 0 Å². The van der Waals surface area contributed by atoms with Gasteiger partial charge in [0, 0.05) is 44.2 Å². The molecule has 5 rings (SSSR count). The number of piperazine rings is 1. The Kier molecular flexibility index (Phi) is 9.51. The first-order chi connectivity index (χ1) is 20.4. The summed E-state index contributed by atoms with van der Waals surface area (Å²) in [6, 6.07) is 21.2. The molecular weight excluding hydrogens is 566 g/mol. The number of rotatable bonds is 8. The monoisotopic (exact) mass is 604 g/mol. The average molecular weight is 605 g/mol. The lowest BCUT2D eigenvalue weighted by atomic mass is 9.71. The van der Waals surface area contributed by atoms with Gasteiger partial charge in [0.2, 0.25) is 0 Å². The minimum absolute atomic E-state index is 0.0154. The molecule has 2 fully saturated rings. The summed E-state index contributed by atoms with van der Waals surface area (Å²) in [5.41, 5.74) is -1.96. The molecule has 2 unspecified atom stereocenters. The highest BCUT2D eigenvalue weighted by Crippen LogP contribution is 2.43. The van der Waals surface area contributed by atoms with E-state index in [4.69, 9.17) is 0 Å². The summed E-state index contributed by atoms with van der Waals surface area (Å²) in [5, 5.41) is 7.09. The zero-order valence-corrected chi connectivity index (χ0v) is 24.2. The first-order valence-corrected chi connectivity index (χ1v) is 14.8. The maximum Gasteiger partial charge on any atom is 0.416 e. The minimum atomic E-state index is -4.93. The largest absolute Gasteiger partial charge is 0.416 e. The van der Waals surface area contributed by atoms with Gasteiger partial charge in [0.15, 0.2) is 0 Å². The Morgan fingerprint density at radius 2 is 1.23 bits per heavy atom. The van der Waals surface area contributed by atoms with Crippen LogP contribution in [0.2, 0.25) is 0 Å². The maximum absolute atomic E-state index is 14.0. The van der Waals surface area contributed by atoms with Gasteiger partial charge in [0.1, 0.15) is 0 Å². The highest BCUT2D eigenvalue weighted by molar-refractivity contribution is 5.45. The second-order valence-electron chi connectivity index (χ2n) is 11.8. The molecule has 2 heterocycles. The van der Waals surface area contributed by atoms with Crippen LogP contribution in [0.5, 0.6) is 0 Å². The molecule has 0 bridgehead atoms. The Hall–Kier alpha value is -2.92. The van der Waals surface area contributed by atoms with Gasteiger partial charge < -0.3 is 5.32 Å². The Morgan fingerprint density at radius 3 is 1.77 bits per heavy atom. The topological polar surface area (TPSA) is 30.5 Å². The minimum Gasteiger partial charge on any atom is -0.314 e. The summed E-state index contributed by atoms with van der Waals surface area (Å²) in [4.78, 5) is 4.56. The predicted molar refractivity (Wildman–Crippen MR) is 155 cm³/mol. The van der Waals surface area contributed by atoms with Gasteiger partial charge in [-0.2, -0.15) is 26.3 Å². The molecule has 43 heavy (non-hydrogen) atoms. The van der Waals surface area contributed by atoms with E-state index in [1.54, 1.807) is 37.3 Å². The molecule has 2 aliphatic rings. The molecule has 232 valence electrons. The van der Waals surface area contributed by atoms with Gasteiger partial charge in [-0.3, -0.25) is 15.1 Å². The highest BCUT2D eigenvalue weighted by atomic mass is 19.4. The van der Waals surface area contributed by atoms with E-state index in [1.807, 2.05) is 18.2 Å². The zero-order valence-electron chi connectivity index (χ0n) is 24.2. The van der Waals surface area contributed by atoms with E-state index in [-0.39, 0.29) is 17.7 Å². The summed E-state index contributed by atoms with van der Waals surface area (Å²) < 4.78 is 84.3. The van der Waals surface area contributed by atoms with E-state index < -0.39 is 35.1 Å². The van der Waals surface area contributed by atoms with Crippen LogP contribution in [0.1, 0.15) is 47.6 Å². The summed E-state index contributed by atoms with van der Waals surface area (Å²) in [5.74, 6) is 0. The predicted octanol–water partition coefficient (Wildman–Crippen LogP) is 6.52. The van der Waals surface area contributed by atoms with Gasteiger partial charge in [-0.1, -0.05) is 60.7 Å². The van der Waals surface area contributed by atoms with Crippen molar-refractivity contribution in [3.05, 3.63) is 107 Å². The molecule has 2 N–H and O–H groups in total. The van der Waals surface area contributed by atoms with Crippen LogP contribution in [-0.2, 0) is 24.3 Å². The molecule has 3 aromatic carbocycles. The van der Waals surface area contributed by atoms with Crippen molar-refractivity contribution in [3.8, 4) is 0 Å². The smallest absolute Gasteiger partial charge is 0.314 e. The number of nitrogens with zero attached hydrogens (tertiary/aromatic N) is 2. The highest BCUT2D eigenvalue weighted by Gasteiger charge is 2.46. The third-order valence-electron chi connectivity index (χ3n) is 8.85. The standard InChI is InChI=1S/C33H38F6N4/c1-31(25-10-6-3-7-11-25,26-20-27(32(34,35)36)22-28(21-26)33(37,38)39)30(43-18-14-40-15-19-43)41-29-12-16-42(17-13-29)23-24-8-4-2-5-9-24/h2-11,20-22,29-30,40-41H,12-19,23H2,1H3. The number of hydrogen-bond acceptors (Lipinski definition) is 4. The second kappa shape index (κ2) is 13.0. The number of nitrogens with one attached hydrogen (secondary N) is 2. The van der Waals surface area contributed by atoms with E-state index in [9.17, 15) is 26.3 Å². The number of hydrogen-bond donors (Lipinski definition) is 2. The second-order valence-corrected chi connectivity index (χ2v) is 11.8. The molecule has 2 aliphatic heterocycles. The molecule has 2 saturated heterocycles. The fourth-order valence-corrected chi connectivity index (χ4v) is 6.42. The van der Waals surface area contributed by atoms with Gasteiger partial charge in [0.25, 0.3) is 0 Å². The van der Waals surface area contributed by atoms with Gasteiger partial charge in [-0.25, -0.2) is 0 Å². The third kappa shape index (κ3) is 7.42. The van der Waals surface area contributed by atoms with Crippen molar-refractivity contribution in [3.63, 3.8) is 0 Å². The summed E-state index contributed by atoms with van der Waals surface area (Å²) in [6.07, 6.45) is -8.78. The Bertz CT molecular complexity index is 1280. The molecule has 0 amide bonds. The summed E-state index contributed by atoms with van der Waals surface area (Å²) in [7, 11) is 0. The molecular formula is C33H38F6N4. The van der Waals surface area contributed by atoms with Crippen LogP contribution in [-0.4, -0.2) is 61.3 Å². The lowest BCUT2D eigenvalue weighted by Crippen LogP contribution is -2.64. The van der Waals surface area contributed by atoms with Crippen LogP contribution in [0.3, 0.4) is 0 Å². The molecule has 2 atom stereocenters. The van der Waals surface area contributed by atoms with Gasteiger partial charge in [-0.15, -0.1) is 0 Å². The SMILES string of the molecule is CC(c1ccccc1)(c1cc(C(F)(F)F)cc(C(F)(F)F)c1)C(NC1CCN(Cc2ccccc2)CC1)N1CCNCC1. The van der Waals surface area contributed by atoms with Crippen molar-refractivity contribution < 1.29 is 26.3 Å². The van der Waals surface area contributed by atoms with Crippen molar-refractivity contribution in [2.45, 2.75) is 56.3 Å². The van der Waals surface area contributed by atoms with Gasteiger partial charge >= 0.3 is 12.4 Å². The molecule has 0 aliphatic carbocycles. The summed E-state index contributed by atoms with van der Waals surface area (Å²) >= 11 is 0. The molecule has 3 aromatic rings. The first kappa shape index (κ1) is 31.5. The fraction of sp³-hybridized carbons (Fsp3) is 0.455. The molecule has 0 saturated carbocycles. The number of halogens is 6. The first-order valence-electron chi connectivity index (χ1n) is 14.8. The quantitative estimate of drug-likeness (QED) is 0.287. The van der Waals surface area contributed by atoms with Crippen LogP contribution in [0.15, 0.2) is 78.9 Å². The lowest BCUT2D eigenvalue weighted by molar-refractivity contribution is -0.143. The van der Waals surface area contributed by atoms with Crippen LogP contribution in [0.4, 0.5) is 26.3 Å². The normalized spacial score (nSPS) is 20.1. The molecule has 0 radical (unpaired) electrons. The Labute approximate surface area is 249 Å². The molecule has 4 nitrogen and oxygen atoms in total. The fourth-order valence-electron chi connectivity index (χ4n) is 6.42. The van der Waals surface area contributed by atoms with Crippen molar-refractivity contribution in [1.82, 2.24) is 20.4 Å². The molecule has 0 spiro atoms. The number of piperidine rings is 1. The van der Waals surface area contributed by atoms with E-state index in [0.717, 1.165) is 44.6 Å². The summed E-state index contributed by atoms with van der Waals surface area (Å²) in [6.45, 7) is 6.86. The average Bonchev–Trinajstić information content (AvgIpc) is 3.00. The van der Waals surface area contributed by atoms with E-state index in [2.05, 4.69) is 32.6 Å². The molecule has 10 heteroatoms. The van der Waals surface area contributed by atoms with Gasteiger partial charge in [0.05, 0.1) is 17.3 Å². The van der Waals surface area contributed by atoms with Crippen LogP contribution < -0.4 is 10.6 Å². The number of alkyl halides is 6. The van der Waals surface area contributed by atoms with Crippen molar-refractivity contribution in [2.75, 3.05) is 39.3 Å². The molecule has 0 aromatic heterocycles. The van der Waals surface area contributed by atoms with Crippen LogP contribution in [0.25, 0.3) is 0 Å². The van der Waals surface area contributed by atoms with Crippen molar-refractivity contribution in [1.29, 1.82) is 0 Å². The van der Waals surface area contributed by atoms with Gasteiger partial charge in [-0.05, 0) is 67.7 Å². The van der Waals surface area contributed by atoms with Crippen LogP contribution in [0, 0.1) is 0 Å². The van der Waals surface area contributed by atoms with E-state index in [0.29, 0.717) is 31.7 Å². The Balaban J connectivity index is 1.53. The Morgan fingerprint density at radius 1 is 0.721 bits per heavy atom. The number of likely N-dealkylation sites (tertiary alicyclic amines) is 1. The van der Waals surface area contributed by atoms with Crippen molar-refractivity contribution >= 4 is 0 Å².